The molecule has 1 aliphatic rings. The van der Waals surface area contributed by atoms with Crippen molar-refractivity contribution in [3.63, 3.8) is 0 Å². The van der Waals surface area contributed by atoms with Gasteiger partial charge in [0.15, 0.2) is 5.78 Å². The summed E-state index contributed by atoms with van der Waals surface area (Å²) in [6, 6.07) is 7.72. The van der Waals surface area contributed by atoms with Gasteiger partial charge in [-0.05, 0) is 36.6 Å². The molecule has 0 radical (unpaired) electrons. The maximum absolute atomic E-state index is 12.1. The molecule has 2 rings (SSSR count). The van der Waals surface area contributed by atoms with E-state index < -0.39 is 6.09 Å². The van der Waals surface area contributed by atoms with Crippen LogP contribution in [-0.4, -0.2) is 35.0 Å². The summed E-state index contributed by atoms with van der Waals surface area (Å²) in [5.74, 6) is 0.0234. The summed E-state index contributed by atoms with van der Waals surface area (Å²) in [7, 11) is 0. The Bertz CT molecular complexity index is 516. The van der Waals surface area contributed by atoms with Gasteiger partial charge < -0.3 is 10.0 Å². The van der Waals surface area contributed by atoms with Gasteiger partial charge in [0.1, 0.15) is 0 Å². The standard InChI is InChI=1S/C15H16BrNO3/c16-13-4-1-11(2-5-13)3-6-14(18)12-7-9-17(10-8-12)15(19)20/h1-6,12H,7-10H2,(H,19,20)/b6-3+. The van der Waals surface area contributed by atoms with Gasteiger partial charge in [0, 0.05) is 23.5 Å². The number of ketones is 1. The highest BCUT2D eigenvalue weighted by atomic mass is 79.9. The second-order valence-corrected chi connectivity index (χ2v) is 5.75. The van der Waals surface area contributed by atoms with Gasteiger partial charge in [0.25, 0.3) is 0 Å². The molecule has 0 unspecified atom stereocenters. The van der Waals surface area contributed by atoms with Crippen molar-refractivity contribution < 1.29 is 14.7 Å². The van der Waals surface area contributed by atoms with Crippen LogP contribution in [0.2, 0.25) is 0 Å². The quantitative estimate of drug-likeness (QED) is 0.859. The number of hydrogen-bond acceptors (Lipinski definition) is 2. The molecular weight excluding hydrogens is 322 g/mol. The molecule has 106 valence electrons. The average molecular weight is 338 g/mol. The minimum Gasteiger partial charge on any atom is -0.465 e. The van der Waals surface area contributed by atoms with E-state index in [1.807, 2.05) is 24.3 Å². The monoisotopic (exact) mass is 337 g/mol. The van der Waals surface area contributed by atoms with Crippen molar-refractivity contribution in [2.75, 3.05) is 13.1 Å². The number of likely N-dealkylation sites (tertiary alicyclic amines) is 1. The van der Waals surface area contributed by atoms with Crippen molar-refractivity contribution in [2.24, 2.45) is 5.92 Å². The fourth-order valence-electron chi connectivity index (χ4n) is 2.24. The van der Waals surface area contributed by atoms with Gasteiger partial charge in [-0.2, -0.15) is 0 Å². The normalized spacial score (nSPS) is 16.6. The third kappa shape index (κ3) is 3.93. The van der Waals surface area contributed by atoms with Crippen LogP contribution in [0.1, 0.15) is 18.4 Å². The average Bonchev–Trinajstić information content (AvgIpc) is 2.46. The number of halogens is 1. The molecule has 0 spiro atoms. The summed E-state index contributed by atoms with van der Waals surface area (Å²) < 4.78 is 1.00. The molecule has 0 saturated carbocycles. The van der Waals surface area contributed by atoms with Gasteiger partial charge in [0.2, 0.25) is 0 Å². The molecule has 5 heteroatoms. The lowest BCUT2D eigenvalue weighted by Crippen LogP contribution is -2.39. The largest absolute Gasteiger partial charge is 0.465 e. The highest BCUT2D eigenvalue weighted by molar-refractivity contribution is 9.10. The van der Waals surface area contributed by atoms with Crippen molar-refractivity contribution in [1.82, 2.24) is 4.90 Å². The van der Waals surface area contributed by atoms with E-state index in [0.717, 1.165) is 10.0 Å². The van der Waals surface area contributed by atoms with Crippen LogP contribution in [-0.2, 0) is 4.79 Å². The van der Waals surface area contributed by atoms with E-state index in [9.17, 15) is 9.59 Å². The van der Waals surface area contributed by atoms with Crippen LogP contribution in [0.25, 0.3) is 6.08 Å². The number of carbonyl (C=O) groups excluding carboxylic acids is 1. The molecule has 0 aliphatic carbocycles. The fourth-order valence-corrected chi connectivity index (χ4v) is 2.51. The Morgan fingerprint density at radius 3 is 2.35 bits per heavy atom. The molecule has 0 aromatic heterocycles. The topological polar surface area (TPSA) is 57.6 Å². The summed E-state index contributed by atoms with van der Waals surface area (Å²) >= 11 is 3.36. The molecule has 1 aromatic carbocycles. The molecule has 1 fully saturated rings. The van der Waals surface area contributed by atoms with Gasteiger partial charge in [-0.15, -0.1) is 0 Å². The Hall–Kier alpha value is -1.62. The summed E-state index contributed by atoms with van der Waals surface area (Å²) in [6.07, 6.45) is 3.72. The minimum atomic E-state index is -0.902. The van der Waals surface area contributed by atoms with Gasteiger partial charge in [-0.25, -0.2) is 4.79 Å². The van der Waals surface area contributed by atoms with Crippen molar-refractivity contribution >= 4 is 33.9 Å². The number of nitrogens with zero attached hydrogens (tertiary/aromatic N) is 1. The van der Waals surface area contributed by atoms with Crippen molar-refractivity contribution in [1.29, 1.82) is 0 Å². The van der Waals surface area contributed by atoms with E-state index in [4.69, 9.17) is 5.11 Å². The number of piperidine rings is 1. The van der Waals surface area contributed by atoms with Crippen LogP contribution in [0.3, 0.4) is 0 Å². The summed E-state index contributed by atoms with van der Waals surface area (Å²) in [5, 5.41) is 8.86. The van der Waals surface area contributed by atoms with E-state index >= 15 is 0 Å². The van der Waals surface area contributed by atoms with Crippen LogP contribution in [0.15, 0.2) is 34.8 Å². The van der Waals surface area contributed by atoms with E-state index in [-0.39, 0.29) is 11.7 Å². The Balaban J connectivity index is 1.89. The third-order valence-corrected chi connectivity index (χ3v) is 4.01. The predicted octanol–water partition coefficient (Wildman–Crippen LogP) is 3.42. The highest BCUT2D eigenvalue weighted by Crippen LogP contribution is 2.19. The van der Waals surface area contributed by atoms with E-state index in [2.05, 4.69) is 15.9 Å². The molecule has 1 aromatic rings. The lowest BCUT2D eigenvalue weighted by atomic mass is 9.92. The first-order valence-electron chi connectivity index (χ1n) is 6.51. The number of benzene rings is 1. The van der Waals surface area contributed by atoms with Gasteiger partial charge in [-0.1, -0.05) is 34.1 Å². The maximum atomic E-state index is 12.1. The zero-order valence-corrected chi connectivity index (χ0v) is 12.5. The zero-order chi connectivity index (χ0) is 14.5. The second kappa shape index (κ2) is 6.70. The van der Waals surface area contributed by atoms with Crippen molar-refractivity contribution in [3.8, 4) is 0 Å². The number of amides is 1. The van der Waals surface area contributed by atoms with E-state index in [1.165, 1.54) is 4.90 Å². The van der Waals surface area contributed by atoms with Crippen LogP contribution < -0.4 is 0 Å². The molecule has 1 heterocycles. The summed E-state index contributed by atoms with van der Waals surface area (Å²) in [5.41, 5.74) is 0.976. The maximum Gasteiger partial charge on any atom is 0.407 e. The van der Waals surface area contributed by atoms with Crippen molar-refractivity contribution in [2.45, 2.75) is 12.8 Å². The lowest BCUT2D eigenvalue weighted by Gasteiger charge is -2.28. The van der Waals surface area contributed by atoms with Gasteiger partial charge in [0.05, 0.1) is 0 Å². The molecule has 1 saturated heterocycles. The SMILES string of the molecule is O=C(/C=C/c1ccc(Br)cc1)C1CCN(C(=O)O)CC1. The number of rotatable bonds is 3. The number of hydrogen-bond donors (Lipinski definition) is 1. The summed E-state index contributed by atoms with van der Waals surface area (Å²) in [6.45, 7) is 0.885. The molecule has 0 atom stereocenters. The fraction of sp³-hybridized carbons (Fsp3) is 0.333. The summed E-state index contributed by atoms with van der Waals surface area (Å²) in [4.78, 5) is 24.2. The minimum absolute atomic E-state index is 0.0581. The first-order chi connectivity index (χ1) is 9.56. The molecular formula is C15H16BrNO3. The Morgan fingerprint density at radius 2 is 1.80 bits per heavy atom. The number of carbonyl (C=O) groups is 2. The Labute approximate surface area is 126 Å². The molecule has 1 aliphatic heterocycles. The Kier molecular flexibility index (Phi) is 4.95. The second-order valence-electron chi connectivity index (χ2n) is 4.83. The molecule has 4 nitrogen and oxygen atoms in total. The smallest absolute Gasteiger partial charge is 0.407 e. The molecule has 20 heavy (non-hydrogen) atoms. The molecule has 0 bridgehead atoms. The first kappa shape index (κ1) is 14.8. The van der Waals surface area contributed by atoms with Crippen LogP contribution >= 0.6 is 15.9 Å². The van der Waals surface area contributed by atoms with E-state index in [1.54, 1.807) is 12.2 Å². The highest BCUT2D eigenvalue weighted by Gasteiger charge is 2.25. The van der Waals surface area contributed by atoms with Crippen molar-refractivity contribution in [3.05, 3.63) is 40.4 Å². The zero-order valence-electron chi connectivity index (χ0n) is 11.0. The van der Waals surface area contributed by atoms with Gasteiger partial charge in [-0.3, -0.25) is 4.79 Å². The van der Waals surface area contributed by atoms with E-state index in [0.29, 0.717) is 25.9 Å². The predicted molar refractivity (Wildman–Crippen MR) is 80.5 cm³/mol. The lowest BCUT2D eigenvalue weighted by molar-refractivity contribution is -0.119. The number of allylic oxidation sites excluding steroid dienone is 1. The molecule has 1 N–H and O–H groups in total. The van der Waals surface area contributed by atoms with Crippen LogP contribution in [0.5, 0.6) is 0 Å². The molecule has 1 amide bonds. The van der Waals surface area contributed by atoms with Gasteiger partial charge >= 0.3 is 6.09 Å². The van der Waals surface area contributed by atoms with Crippen LogP contribution in [0, 0.1) is 5.92 Å². The Morgan fingerprint density at radius 1 is 1.20 bits per heavy atom. The number of carboxylic acid groups (broad SMARTS) is 1. The first-order valence-corrected chi connectivity index (χ1v) is 7.31. The third-order valence-electron chi connectivity index (χ3n) is 3.48. The van der Waals surface area contributed by atoms with Crippen LogP contribution in [0.4, 0.5) is 4.79 Å².